The highest BCUT2D eigenvalue weighted by Crippen LogP contribution is 2.34. The standard InChI is InChI=1S/C25H28FN5O3/c1-4-14-10-22(32)18(26)11-17(14)15-5-6-16-20(9-15)29-30-24(16)25-27-19-7-8-31(12-21(19)28-25)13-23(33-2)34-3/h5-6,9-11,23,32H,4,7-8,12-13H2,1-3H3,(H,27,28)(H,29,30). The molecule has 0 spiro atoms. The average molecular weight is 466 g/mol. The highest BCUT2D eigenvalue weighted by Gasteiger charge is 2.24. The number of nitrogens with one attached hydrogen (secondary N) is 2. The Morgan fingerprint density at radius 2 is 2.03 bits per heavy atom. The van der Waals surface area contributed by atoms with Crippen molar-refractivity contribution in [1.82, 2.24) is 25.1 Å². The van der Waals surface area contributed by atoms with Crippen LogP contribution in [0.5, 0.6) is 5.75 Å². The zero-order chi connectivity index (χ0) is 23.8. The third-order valence-corrected chi connectivity index (χ3v) is 6.50. The summed E-state index contributed by atoms with van der Waals surface area (Å²) in [4.78, 5) is 10.6. The van der Waals surface area contributed by atoms with Gasteiger partial charge in [-0.15, -0.1) is 0 Å². The lowest BCUT2D eigenvalue weighted by molar-refractivity contribution is -0.117. The molecular weight excluding hydrogens is 437 g/mol. The number of aromatic hydroxyl groups is 1. The predicted octanol–water partition coefficient (Wildman–Crippen LogP) is 4.00. The number of ether oxygens (including phenoxy) is 2. The summed E-state index contributed by atoms with van der Waals surface area (Å²) in [6.07, 6.45) is 1.26. The van der Waals surface area contributed by atoms with E-state index >= 15 is 0 Å². The van der Waals surface area contributed by atoms with Gasteiger partial charge in [0, 0.05) is 45.7 Å². The zero-order valence-electron chi connectivity index (χ0n) is 19.5. The number of H-pyrrole nitrogens is 2. The van der Waals surface area contributed by atoms with Crippen LogP contribution in [0.15, 0.2) is 30.3 Å². The molecule has 0 saturated heterocycles. The first-order valence-electron chi connectivity index (χ1n) is 11.4. The Balaban J connectivity index is 1.44. The number of halogens is 1. The van der Waals surface area contributed by atoms with Crippen molar-refractivity contribution in [3.8, 4) is 28.4 Å². The van der Waals surface area contributed by atoms with Crippen LogP contribution >= 0.6 is 0 Å². The van der Waals surface area contributed by atoms with E-state index in [1.807, 2.05) is 25.1 Å². The molecule has 34 heavy (non-hydrogen) atoms. The van der Waals surface area contributed by atoms with Crippen LogP contribution in [0, 0.1) is 5.82 Å². The van der Waals surface area contributed by atoms with Gasteiger partial charge in [0.1, 0.15) is 5.69 Å². The van der Waals surface area contributed by atoms with E-state index in [1.165, 1.54) is 12.1 Å². The quantitative estimate of drug-likeness (QED) is 0.357. The Kier molecular flexibility index (Phi) is 6.07. The number of methoxy groups -OCH3 is 2. The molecular formula is C25H28FN5O3. The number of phenolic OH excluding ortho intramolecular Hbond substituents is 1. The van der Waals surface area contributed by atoms with E-state index < -0.39 is 5.82 Å². The van der Waals surface area contributed by atoms with Gasteiger partial charge in [0.05, 0.1) is 16.9 Å². The molecule has 0 saturated carbocycles. The number of aromatic nitrogens is 4. The van der Waals surface area contributed by atoms with Gasteiger partial charge < -0.3 is 19.6 Å². The molecule has 4 aromatic rings. The van der Waals surface area contributed by atoms with E-state index in [2.05, 4.69) is 20.1 Å². The summed E-state index contributed by atoms with van der Waals surface area (Å²) in [5, 5.41) is 18.3. The van der Waals surface area contributed by atoms with Crippen LogP contribution in [0.1, 0.15) is 23.9 Å². The fourth-order valence-corrected chi connectivity index (χ4v) is 4.61. The van der Waals surface area contributed by atoms with E-state index in [1.54, 1.807) is 14.2 Å². The Morgan fingerprint density at radius 3 is 2.79 bits per heavy atom. The van der Waals surface area contributed by atoms with Gasteiger partial charge in [-0.05, 0) is 47.4 Å². The lowest BCUT2D eigenvalue weighted by Gasteiger charge is -2.28. The molecule has 0 fully saturated rings. The van der Waals surface area contributed by atoms with Crippen molar-refractivity contribution in [3.63, 3.8) is 0 Å². The first-order chi connectivity index (χ1) is 16.5. The van der Waals surface area contributed by atoms with Crippen molar-refractivity contribution in [2.45, 2.75) is 32.6 Å². The topological polar surface area (TPSA) is 99.3 Å². The third kappa shape index (κ3) is 4.06. The van der Waals surface area contributed by atoms with Gasteiger partial charge in [-0.1, -0.05) is 13.0 Å². The molecule has 9 heteroatoms. The number of imidazole rings is 1. The van der Waals surface area contributed by atoms with Gasteiger partial charge in [-0.3, -0.25) is 10.00 Å². The molecule has 178 valence electrons. The number of aryl methyl sites for hydroxylation is 1. The fraction of sp³-hybridized carbons (Fsp3) is 0.360. The summed E-state index contributed by atoms with van der Waals surface area (Å²) in [7, 11) is 3.29. The van der Waals surface area contributed by atoms with Crippen molar-refractivity contribution < 1.29 is 19.0 Å². The van der Waals surface area contributed by atoms with Crippen LogP contribution < -0.4 is 0 Å². The summed E-state index contributed by atoms with van der Waals surface area (Å²) in [5.74, 6) is -0.230. The molecule has 3 N–H and O–H groups in total. The monoisotopic (exact) mass is 465 g/mol. The summed E-state index contributed by atoms with van der Waals surface area (Å²) in [6.45, 7) is 4.29. The van der Waals surface area contributed by atoms with Gasteiger partial charge in [-0.2, -0.15) is 5.10 Å². The smallest absolute Gasteiger partial charge is 0.169 e. The second-order valence-electron chi connectivity index (χ2n) is 8.54. The number of phenols is 1. The normalized spacial score (nSPS) is 14.3. The van der Waals surface area contributed by atoms with Crippen molar-refractivity contribution in [1.29, 1.82) is 0 Å². The molecule has 8 nitrogen and oxygen atoms in total. The molecule has 2 aromatic carbocycles. The predicted molar refractivity (Wildman–Crippen MR) is 127 cm³/mol. The van der Waals surface area contributed by atoms with Gasteiger partial charge in [-0.25, -0.2) is 9.37 Å². The highest BCUT2D eigenvalue weighted by atomic mass is 19.1. The minimum absolute atomic E-state index is 0.260. The van der Waals surface area contributed by atoms with Crippen molar-refractivity contribution in [3.05, 3.63) is 53.1 Å². The van der Waals surface area contributed by atoms with E-state index in [0.717, 1.165) is 70.0 Å². The number of fused-ring (bicyclic) bond motifs is 2. The van der Waals surface area contributed by atoms with Crippen LogP contribution in [-0.2, 0) is 28.9 Å². The lowest BCUT2D eigenvalue weighted by atomic mass is 9.96. The first kappa shape index (κ1) is 22.5. The van der Waals surface area contributed by atoms with Gasteiger partial charge >= 0.3 is 0 Å². The lowest BCUT2D eigenvalue weighted by Crippen LogP contribution is -2.38. The number of hydrogen-bond acceptors (Lipinski definition) is 6. The molecule has 5 rings (SSSR count). The van der Waals surface area contributed by atoms with Gasteiger partial charge in [0.15, 0.2) is 23.7 Å². The molecule has 0 aliphatic carbocycles. The average Bonchev–Trinajstić information content (AvgIpc) is 3.46. The van der Waals surface area contributed by atoms with E-state index in [4.69, 9.17) is 14.5 Å². The molecule has 3 heterocycles. The summed E-state index contributed by atoms with van der Waals surface area (Å²) >= 11 is 0. The van der Waals surface area contributed by atoms with Gasteiger partial charge in [0.2, 0.25) is 0 Å². The summed E-state index contributed by atoms with van der Waals surface area (Å²) in [6, 6.07) is 8.76. The molecule has 0 atom stereocenters. The summed E-state index contributed by atoms with van der Waals surface area (Å²) < 4.78 is 24.7. The van der Waals surface area contributed by atoms with Crippen LogP contribution in [0.25, 0.3) is 33.5 Å². The van der Waals surface area contributed by atoms with Crippen molar-refractivity contribution in [2.24, 2.45) is 0 Å². The zero-order valence-corrected chi connectivity index (χ0v) is 19.5. The van der Waals surface area contributed by atoms with Crippen LogP contribution in [0.2, 0.25) is 0 Å². The number of nitrogens with zero attached hydrogens (tertiary/aromatic N) is 3. The van der Waals surface area contributed by atoms with E-state index in [9.17, 15) is 9.50 Å². The van der Waals surface area contributed by atoms with Crippen LogP contribution in [-0.4, -0.2) is 63.8 Å². The van der Waals surface area contributed by atoms with Crippen molar-refractivity contribution >= 4 is 10.9 Å². The van der Waals surface area contributed by atoms with Crippen LogP contribution in [0.3, 0.4) is 0 Å². The third-order valence-electron chi connectivity index (χ3n) is 6.50. The second kappa shape index (κ2) is 9.17. The summed E-state index contributed by atoms with van der Waals surface area (Å²) in [5.41, 5.74) is 6.22. The minimum atomic E-state index is -0.630. The molecule has 0 bridgehead atoms. The molecule has 2 aromatic heterocycles. The highest BCUT2D eigenvalue weighted by molar-refractivity contribution is 5.94. The molecule has 0 amide bonds. The molecule has 0 radical (unpaired) electrons. The SMILES string of the molecule is CCc1cc(O)c(F)cc1-c1ccc2c(-c3nc4c([nH]3)CN(CC(OC)OC)CC4)n[nH]c2c1. The molecule has 0 unspecified atom stereocenters. The number of rotatable bonds is 7. The van der Waals surface area contributed by atoms with E-state index in [0.29, 0.717) is 13.0 Å². The number of benzene rings is 2. The maximum Gasteiger partial charge on any atom is 0.169 e. The fourth-order valence-electron chi connectivity index (χ4n) is 4.61. The second-order valence-corrected chi connectivity index (χ2v) is 8.54. The first-order valence-corrected chi connectivity index (χ1v) is 11.4. The minimum Gasteiger partial charge on any atom is -0.505 e. The molecule has 1 aliphatic heterocycles. The number of hydrogen-bond donors (Lipinski definition) is 3. The Bertz CT molecular complexity index is 1330. The Morgan fingerprint density at radius 1 is 1.21 bits per heavy atom. The Hall–Kier alpha value is -3.27. The Labute approximate surface area is 196 Å². The molecule has 1 aliphatic rings. The maximum absolute atomic E-state index is 14.1. The van der Waals surface area contributed by atoms with Crippen LogP contribution in [0.4, 0.5) is 4.39 Å². The van der Waals surface area contributed by atoms with E-state index in [-0.39, 0.29) is 12.0 Å². The maximum atomic E-state index is 14.1. The van der Waals surface area contributed by atoms with Crippen molar-refractivity contribution in [2.75, 3.05) is 27.3 Å². The largest absolute Gasteiger partial charge is 0.505 e. The van der Waals surface area contributed by atoms with Gasteiger partial charge in [0.25, 0.3) is 0 Å². The number of aromatic amines is 2.